The maximum atomic E-state index is 10.7. The zero-order chi connectivity index (χ0) is 9.84. The SMILES string of the molecule is CC(C)N1CCOC(CC(N)=O)C1. The molecule has 1 aliphatic rings. The number of primary amides is 1. The quantitative estimate of drug-likeness (QED) is 0.673. The van der Waals surface area contributed by atoms with Gasteiger partial charge in [-0.05, 0) is 13.8 Å². The Bertz CT molecular complexity index is 182. The number of amides is 1. The number of morpholine rings is 1. The molecule has 2 N–H and O–H groups in total. The fourth-order valence-corrected chi connectivity index (χ4v) is 1.56. The van der Waals surface area contributed by atoms with Crippen LogP contribution in [0.4, 0.5) is 0 Å². The van der Waals surface area contributed by atoms with Crippen LogP contribution in [0.1, 0.15) is 20.3 Å². The molecule has 1 unspecified atom stereocenters. The van der Waals surface area contributed by atoms with Gasteiger partial charge in [0.2, 0.25) is 5.91 Å². The minimum atomic E-state index is -0.282. The molecule has 13 heavy (non-hydrogen) atoms. The number of nitrogens with zero attached hydrogens (tertiary/aromatic N) is 1. The Morgan fingerprint density at radius 2 is 2.38 bits per heavy atom. The smallest absolute Gasteiger partial charge is 0.220 e. The predicted molar refractivity (Wildman–Crippen MR) is 50.3 cm³/mol. The average molecular weight is 186 g/mol. The van der Waals surface area contributed by atoms with E-state index in [2.05, 4.69) is 18.7 Å². The van der Waals surface area contributed by atoms with Crippen LogP contribution in [-0.4, -0.2) is 42.6 Å². The summed E-state index contributed by atoms with van der Waals surface area (Å²) in [6, 6.07) is 0.513. The molecule has 4 nitrogen and oxygen atoms in total. The van der Waals surface area contributed by atoms with Gasteiger partial charge in [0, 0.05) is 19.1 Å². The first-order chi connectivity index (χ1) is 6.09. The Balaban J connectivity index is 2.37. The summed E-state index contributed by atoms with van der Waals surface area (Å²) in [6.07, 6.45) is 0.331. The second-order valence-electron chi connectivity index (χ2n) is 3.75. The lowest BCUT2D eigenvalue weighted by Crippen LogP contribution is -2.46. The largest absolute Gasteiger partial charge is 0.375 e. The maximum Gasteiger partial charge on any atom is 0.220 e. The molecule has 1 rings (SSSR count). The molecule has 0 saturated carbocycles. The highest BCUT2D eigenvalue weighted by Gasteiger charge is 2.23. The first-order valence-corrected chi connectivity index (χ1v) is 4.73. The summed E-state index contributed by atoms with van der Waals surface area (Å²) < 4.78 is 5.43. The van der Waals surface area contributed by atoms with Gasteiger partial charge in [-0.2, -0.15) is 0 Å². The predicted octanol–water partition coefficient (Wildman–Crippen LogP) is -0.0290. The second-order valence-corrected chi connectivity index (χ2v) is 3.75. The van der Waals surface area contributed by atoms with Gasteiger partial charge in [-0.3, -0.25) is 9.69 Å². The minimum Gasteiger partial charge on any atom is -0.375 e. The molecule has 0 aromatic rings. The van der Waals surface area contributed by atoms with Gasteiger partial charge in [-0.25, -0.2) is 0 Å². The lowest BCUT2D eigenvalue weighted by atomic mass is 10.1. The van der Waals surface area contributed by atoms with E-state index in [1.165, 1.54) is 0 Å². The van der Waals surface area contributed by atoms with Gasteiger partial charge in [-0.1, -0.05) is 0 Å². The molecule has 1 amide bonds. The van der Waals surface area contributed by atoms with Gasteiger partial charge in [0.15, 0.2) is 0 Å². The number of nitrogens with two attached hydrogens (primary N) is 1. The van der Waals surface area contributed by atoms with Gasteiger partial charge in [0.1, 0.15) is 0 Å². The van der Waals surface area contributed by atoms with E-state index in [0.717, 1.165) is 13.1 Å². The summed E-state index contributed by atoms with van der Waals surface area (Å²) in [7, 11) is 0. The summed E-state index contributed by atoms with van der Waals surface area (Å²) in [5, 5.41) is 0. The highest BCUT2D eigenvalue weighted by molar-refractivity contribution is 5.74. The van der Waals surface area contributed by atoms with Crippen molar-refractivity contribution in [2.45, 2.75) is 32.4 Å². The summed E-state index contributed by atoms with van der Waals surface area (Å²) in [6.45, 7) is 6.77. The number of carbonyl (C=O) groups is 1. The standard InChI is InChI=1S/C9H18N2O2/c1-7(2)11-3-4-13-8(6-11)5-9(10)12/h7-8H,3-6H2,1-2H3,(H2,10,12). The number of ether oxygens (including phenoxy) is 1. The summed E-state index contributed by atoms with van der Waals surface area (Å²) in [4.78, 5) is 13.0. The van der Waals surface area contributed by atoms with Crippen LogP contribution < -0.4 is 5.73 Å². The van der Waals surface area contributed by atoms with Crippen molar-refractivity contribution < 1.29 is 9.53 Å². The Kier molecular flexibility index (Phi) is 3.69. The monoisotopic (exact) mass is 186 g/mol. The number of carbonyl (C=O) groups excluding carboxylic acids is 1. The van der Waals surface area contributed by atoms with Crippen molar-refractivity contribution in [3.05, 3.63) is 0 Å². The van der Waals surface area contributed by atoms with Crippen LogP contribution in [0.25, 0.3) is 0 Å². The van der Waals surface area contributed by atoms with Gasteiger partial charge in [0.25, 0.3) is 0 Å². The molecule has 4 heteroatoms. The zero-order valence-electron chi connectivity index (χ0n) is 8.32. The molecule has 0 aromatic heterocycles. The number of hydrogen-bond acceptors (Lipinski definition) is 3. The van der Waals surface area contributed by atoms with E-state index in [9.17, 15) is 4.79 Å². The molecule has 0 aliphatic carbocycles. The highest BCUT2D eigenvalue weighted by Crippen LogP contribution is 2.10. The van der Waals surface area contributed by atoms with Crippen molar-refractivity contribution in [2.24, 2.45) is 5.73 Å². The molecule has 0 aromatic carbocycles. The van der Waals surface area contributed by atoms with Crippen LogP contribution in [0.15, 0.2) is 0 Å². The molecular weight excluding hydrogens is 168 g/mol. The van der Waals surface area contributed by atoms with Crippen LogP contribution in [0.5, 0.6) is 0 Å². The Morgan fingerprint density at radius 3 is 2.92 bits per heavy atom. The molecule has 0 bridgehead atoms. The summed E-state index contributed by atoms with van der Waals surface area (Å²) in [5.41, 5.74) is 5.11. The van der Waals surface area contributed by atoms with E-state index in [1.807, 2.05) is 0 Å². The second kappa shape index (κ2) is 4.58. The normalized spacial score (nSPS) is 25.0. The number of rotatable bonds is 3. The van der Waals surface area contributed by atoms with Crippen LogP contribution in [0.2, 0.25) is 0 Å². The third kappa shape index (κ3) is 3.32. The van der Waals surface area contributed by atoms with Gasteiger partial charge >= 0.3 is 0 Å². The molecule has 0 spiro atoms. The van der Waals surface area contributed by atoms with E-state index in [1.54, 1.807) is 0 Å². The minimum absolute atomic E-state index is 0.00588. The van der Waals surface area contributed by atoms with Crippen LogP contribution in [-0.2, 0) is 9.53 Å². The molecule has 1 saturated heterocycles. The Labute approximate surface area is 79.0 Å². The Hall–Kier alpha value is -0.610. The first-order valence-electron chi connectivity index (χ1n) is 4.73. The van der Waals surface area contributed by atoms with Crippen molar-refractivity contribution in [3.8, 4) is 0 Å². The lowest BCUT2D eigenvalue weighted by molar-refractivity contribution is -0.123. The Morgan fingerprint density at radius 1 is 1.69 bits per heavy atom. The molecule has 0 radical (unpaired) electrons. The van der Waals surface area contributed by atoms with Gasteiger partial charge < -0.3 is 10.5 Å². The van der Waals surface area contributed by atoms with E-state index in [0.29, 0.717) is 19.1 Å². The van der Waals surface area contributed by atoms with Crippen molar-refractivity contribution in [1.29, 1.82) is 0 Å². The first kappa shape index (κ1) is 10.5. The highest BCUT2D eigenvalue weighted by atomic mass is 16.5. The van der Waals surface area contributed by atoms with Crippen molar-refractivity contribution in [1.82, 2.24) is 4.90 Å². The fourth-order valence-electron chi connectivity index (χ4n) is 1.56. The lowest BCUT2D eigenvalue weighted by Gasteiger charge is -2.35. The fraction of sp³-hybridized carbons (Fsp3) is 0.889. The van der Waals surface area contributed by atoms with E-state index in [-0.39, 0.29) is 12.0 Å². The van der Waals surface area contributed by atoms with Crippen LogP contribution in [0.3, 0.4) is 0 Å². The van der Waals surface area contributed by atoms with E-state index < -0.39 is 0 Å². The van der Waals surface area contributed by atoms with Crippen LogP contribution in [0, 0.1) is 0 Å². The third-order valence-electron chi connectivity index (χ3n) is 2.33. The average Bonchev–Trinajstić information content (AvgIpc) is 2.03. The summed E-state index contributed by atoms with van der Waals surface area (Å²) >= 11 is 0. The molecule has 1 aliphatic heterocycles. The van der Waals surface area contributed by atoms with E-state index in [4.69, 9.17) is 10.5 Å². The van der Waals surface area contributed by atoms with Gasteiger partial charge in [-0.15, -0.1) is 0 Å². The van der Waals surface area contributed by atoms with Crippen molar-refractivity contribution in [2.75, 3.05) is 19.7 Å². The molecule has 1 heterocycles. The molecule has 1 fully saturated rings. The molecule has 1 atom stereocenters. The van der Waals surface area contributed by atoms with Gasteiger partial charge in [0.05, 0.1) is 19.1 Å². The van der Waals surface area contributed by atoms with Crippen molar-refractivity contribution in [3.63, 3.8) is 0 Å². The third-order valence-corrected chi connectivity index (χ3v) is 2.33. The van der Waals surface area contributed by atoms with Crippen molar-refractivity contribution >= 4 is 5.91 Å². The number of hydrogen-bond donors (Lipinski definition) is 1. The van der Waals surface area contributed by atoms with Crippen LogP contribution >= 0.6 is 0 Å². The van der Waals surface area contributed by atoms with E-state index >= 15 is 0 Å². The zero-order valence-corrected chi connectivity index (χ0v) is 8.32. The molecule has 76 valence electrons. The topological polar surface area (TPSA) is 55.6 Å². The molecular formula is C9H18N2O2. The maximum absolute atomic E-state index is 10.7. The summed E-state index contributed by atoms with van der Waals surface area (Å²) in [5.74, 6) is -0.282.